The monoisotopic (exact) mass is 616 g/mol. The van der Waals surface area contributed by atoms with Gasteiger partial charge in [-0.15, -0.1) is 0 Å². The molecule has 0 fully saturated rings. The molecule has 48 heavy (non-hydrogen) atoms. The number of hydrogen-bond donors (Lipinski definition) is 0. The summed E-state index contributed by atoms with van der Waals surface area (Å²) in [5.41, 5.74) is 6.55. The molecule has 0 amide bonds. The van der Waals surface area contributed by atoms with Crippen LogP contribution in [0.2, 0.25) is 0 Å². The molecule has 10 aromatic rings. The van der Waals surface area contributed by atoms with Crippen LogP contribution in [0.15, 0.2) is 154 Å². The van der Waals surface area contributed by atoms with E-state index in [4.69, 9.17) is 28.8 Å². The van der Waals surface area contributed by atoms with Gasteiger partial charge in [0.2, 0.25) is 5.89 Å². The van der Waals surface area contributed by atoms with Crippen molar-refractivity contribution in [1.82, 2.24) is 19.9 Å². The fraction of sp³-hybridized carbons (Fsp3) is 0. The fourth-order valence-electron chi connectivity index (χ4n) is 6.53. The quantitative estimate of drug-likeness (QED) is 0.183. The third-order valence-corrected chi connectivity index (χ3v) is 8.93. The van der Waals surface area contributed by atoms with E-state index in [-0.39, 0.29) is 0 Å². The Labute approximate surface area is 274 Å². The van der Waals surface area contributed by atoms with Gasteiger partial charge >= 0.3 is 0 Å². The van der Waals surface area contributed by atoms with E-state index in [0.29, 0.717) is 28.9 Å². The maximum absolute atomic E-state index is 6.40. The fourth-order valence-corrected chi connectivity index (χ4v) is 6.53. The van der Waals surface area contributed by atoms with Crippen molar-refractivity contribution < 1.29 is 8.83 Å². The van der Waals surface area contributed by atoms with Gasteiger partial charge in [0.1, 0.15) is 16.7 Å². The Morgan fingerprint density at radius 1 is 0.333 bits per heavy atom. The van der Waals surface area contributed by atoms with Gasteiger partial charge in [-0.25, -0.2) is 19.9 Å². The highest BCUT2D eigenvalue weighted by Gasteiger charge is 2.17. The lowest BCUT2D eigenvalue weighted by molar-refractivity contribution is 0.620. The van der Waals surface area contributed by atoms with Gasteiger partial charge in [-0.3, -0.25) is 0 Å². The number of hydrogen-bond acceptors (Lipinski definition) is 6. The number of aromatic nitrogens is 4. The molecule has 0 saturated heterocycles. The average molecular weight is 617 g/mol. The van der Waals surface area contributed by atoms with Gasteiger partial charge in [0.15, 0.2) is 23.1 Å². The van der Waals surface area contributed by atoms with Crippen molar-refractivity contribution >= 4 is 54.6 Å². The molecule has 3 aromatic heterocycles. The maximum Gasteiger partial charge on any atom is 0.227 e. The van der Waals surface area contributed by atoms with Gasteiger partial charge in [0, 0.05) is 39.1 Å². The summed E-state index contributed by atoms with van der Waals surface area (Å²) in [7, 11) is 0. The van der Waals surface area contributed by atoms with Crippen molar-refractivity contribution in [2.75, 3.05) is 0 Å². The summed E-state index contributed by atoms with van der Waals surface area (Å²) < 4.78 is 12.6. The van der Waals surface area contributed by atoms with Crippen LogP contribution in [0.25, 0.3) is 100 Å². The van der Waals surface area contributed by atoms with Crippen LogP contribution in [0.1, 0.15) is 0 Å². The topological polar surface area (TPSA) is 77.8 Å². The summed E-state index contributed by atoms with van der Waals surface area (Å²) >= 11 is 0. The molecule has 0 bridgehead atoms. The Bertz CT molecular complexity index is 2840. The van der Waals surface area contributed by atoms with Crippen LogP contribution in [-0.4, -0.2) is 19.9 Å². The van der Waals surface area contributed by atoms with Crippen LogP contribution in [0.4, 0.5) is 0 Å². The molecular weight excluding hydrogens is 592 g/mol. The summed E-state index contributed by atoms with van der Waals surface area (Å²) in [5.74, 6) is 2.38. The summed E-state index contributed by atoms with van der Waals surface area (Å²) in [6, 6.07) is 49.1. The normalized spacial score (nSPS) is 11.8. The highest BCUT2D eigenvalue weighted by Crippen LogP contribution is 2.36. The lowest BCUT2D eigenvalue weighted by Crippen LogP contribution is -2.00. The minimum atomic E-state index is 0.571. The first-order valence-electron chi connectivity index (χ1n) is 15.8. The maximum atomic E-state index is 6.40. The smallest absolute Gasteiger partial charge is 0.227 e. The zero-order valence-electron chi connectivity index (χ0n) is 25.5. The average Bonchev–Trinajstić information content (AvgIpc) is 3.74. The minimum absolute atomic E-state index is 0.571. The first-order chi connectivity index (χ1) is 23.7. The van der Waals surface area contributed by atoms with Gasteiger partial charge in [0.25, 0.3) is 0 Å². The highest BCUT2D eigenvalue weighted by molar-refractivity contribution is 6.10. The van der Waals surface area contributed by atoms with E-state index in [9.17, 15) is 0 Å². The van der Waals surface area contributed by atoms with Crippen LogP contribution in [0.3, 0.4) is 0 Å². The van der Waals surface area contributed by atoms with Crippen LogP contribution in [0, 0.1) is 0 Å². The molecule has 224 valence electrons. The molecule has 0 unspecified atom stereocenters. The highest BCUT2D eigenvalue weighted by atomic mass is 16.4. The molecule has 0 spiro atoms. The van der Waals surface area contributed by atoms with Gasteiger partial charge < -0.3 is 8.83 Å². The molecule has 0 radical (unpaired) electrons. The van der Waals surface area contributed by atoms with Gasteiger partial charge in [0.05, 0.1) is 0 Å². The first-order valence-corrected chi connectivity index (χ1v) is 15.8. The van der Waals surface area contributed by atoms with Gasteiger partial charge in [-0.2, -0.15) is 0 Å². The molecule has 10 rings (SSSR count). The van der Waals surface area contributed by atoms with Crippen molar-refractivity contribution in [3.63, 3.8) is 0 Å². The molecule has 7 aromatic carbocycles. The second-order valence-electron chi connectivity index (χ2n) is 11.9. The Hall–Kier alpha value is -6.66. The SMILES string of the molecule is c1ccc(-c2nc(-c3ccc4c(c3)oc3cc5nc(-c6ccccc6)oc5cc34)nc(-c3ccc4ccc5ccccc5c4c3)n2)cc1. The zero-order valence-corrected chi connectivity index (χ0v) is 25.5. The lowest BCUT2D eigenvalue weighted by atomic mass is 10.00. The third-order valence-electron chi connectivity index (χ3n) is 8.93. The van der Waals surface area contributed by atoms with Crippen LogP contribution < -0.4 is 0 Å². The standard InChI is InChI=1S/C42H24N4O2/c1-3-10-27(11-4-1)39-44-40(29-18-17-26-16-15-25-9-7-8-14-31(25)33(26)21-29)46-41(45-39)30-19-20-32-34-23-38-35(24-37(34)47-36(32)22-30)43-42(48-38)28-12-5-2-6-13-28/h1-24H. The first kappa shape index (κ1) is 26.5. The summed E-state index contributed by atoms with van der Waals surface area (Å²) in [6.45, 7) is 0. The van der Waals surface area contributed by atoms with Gasteiger partial charge in [-0.05, 0) is 57.9 Å². The second kappa shape index (κ2) is 10.4. The van der Waals surface area contributed by atoms with Crippen LogP contribution >= 0.6 is 0 Å². The van der Waals surface area contributed by atoms with E-state index in [1.54, 1.807) is 0 Å². The second-order valence-corrected chi connectivity index (χ2v) is 11.9. The predicted molar refractivity (Wildman–Crippen MR) is 191 cm³/mol. The number of rotatable bonds is 4. The Balaban J connectivity index is 1.11. The molecule has 0 N–H and O–H groups in total. The molecule has 0 atom stereocenters. The van der Waals surface area contributed by atoms with Crippen LogP contribution in [0.5, 0.6) is 0 Å². The van der Waals surface area contributed by atoms with Crippen LogP contribution in [-0.2, 0) is 0 Å². The summed E-state index contributed by atoms with van der Waals surface area (Å²) in [4.78, 5) is 19.7. The van der Waals surface area contributed by atoms with Crippen molar-refractivity contribution in [2.24, 2.45) is 0 Å². The van der Waals surface area contributed by atoms with Crippen molar-refractivity contribution in [3.05, 3.63) is 146 Å². The molecule has 0 aliphatic heterocycles. The number of furan rings is 1. The molecule has 6 nitrogen and oxygen atoms in total. The van der Waals surface area contributed by atoms with Crippen molar-refractivity contribution in [1.29, 1.82) is 0 Å². The van der Waals surface area contributed by atoms with Gasteiger partial charge in [-0.1, -0.05) is 103 Å². The third kappa shape index (κ3) is 4.35. The Morgan fingerprint density at radius 2 is 0.938 bits per heavy atom. The summed E-state index contributed by atoms with van der Waals surface area (Å²) in [5, 5.41) is 6.67. The van der Waals surface area contributed by atoms with Crippen molar-refractivity contribution in [2.45, 2.75) is 0 Å². The lowest BCUT2D eigenvalue weighted by Gasteiger charge is -2.10. The van der Waals surface area contributed by atoms with E-state index in [2.05, 4.69) is 60.7 Å². The van der Waals surface area contributed by atoms with Crippen molar-refractivity contribution in [3.8, 4) is 45.6 Å². The minimum Gasteiger partial charge on any atom is -0.456 e. The molecule has 6 heteroatoms. The number of fused-ring (bicyclic) bond motifs is 7. The van der Waals surface area contributed by atoms with E-state index >= 15 is 0 Å². The molecule has 0 aliphatic carbocycles. The number of benzene rings is 7. The molecule has 0 aliphatic rings. The summed E-state index contributed by atoms with van der Waals surface area (Å²) in [6.07, 6.45) is 0. The molecule has 0 saturated carbocycles. The van der Waals surface area contributed by atoms with E-state index in [0.717, 1.165) is 55.1 Å². The predicted octanol–water partition coefficient (Wildman–Crippen LogP) is 10.9. The zero-order chi connectivity index (χ0) is 31.6. The molecule has 3 heterocycles. The van der Waals surface area contributed by atoms with E-state index in [1.165, 1.54) is 16.2 Å². The number of oxazole rings is 1. The molecular formula is C42H24N4O2. The Morgan fingerprint density at radius 3 is 1.73 bits per heavy atom. The largest absolute Gasteiger partial charge is 0.456 e. The Kier molecular flexibility index (Phi) is 5.77. The van der Waals surface area contributed by atoms with E-state index < -0.39 is 0 Å². The van der Waals surface area contributed by atoms with E-state index in [1.807, 2.05) is 84.9 Å². The number of nitrogens with zero attached hydrogens (tertiary/aromatic N) is 4.